The van der Waals surface area contributed by atoms with Crippen LogP contribution >= 0.6 is 0 Å². The number of methoxy groups -OCH3 is 1. The van der Waals surface area contributed by atoms with E-state index in [1.165, 1.54) is 25.7 Å². The predicted molar refractivity (Wildman–Crippen MR) is 63.6 cm³/mol. The van der Waals surface area contributed by atoms with Gasteiger partial charge in [-0.15, -0.1) is 0 Å². The number of ether oxygens (including phenoxy) is 1. The molecule has 0 spiro atoms. The van der Waals surface area contributed by atoms with Gasteiger partial charge >= 0.3 is 0 Å². The highest BCUT2D eigenvalue weighted by molar-refractivity contribution is 5.28. The third-order valence-corrected chi connectivity index (χ3v) is 3.20. The lowest BCUT2D eigenvalue weighted by molar-refractivity contribution is 0.397. The van der Waals surface area contributed by atoms with E-state index in [2.05, 4.69) is 22.2 Å². The van der Waals surface area contributed by atoms with Crippen LogP contribution in [0.1, 0.15) is 32.6 Å². The minimum atomic E-state index is 0.515. The van der Waals surface area contributed by atoms with Gasteiger partial charge in [-0.05, 0) is 24.7 Å². The van der Waals surface area contributed by atoms with Crippen LogP contribution in [0.15, 0.2) is 12.3 Å². The van der Waals surface area contributed by atoms with Crippen LogP contribution in [-0.4, -0.2) is 23.6 Å². The van der Waals surface area contributed by atoms with E-state index < -0.39 is 0 Å². The molecular formula is C12H19N3O. The standard InChI is InChI=1S/C12H19N3O/c1-3-5-12(6-7-12)9-14-11-13-8-4-10(15-11)16-2/h4,8H,3,5-7,9H2,1-2H3,(H,13,14,15). The van der Waals surface area contributed by atoms with Crippen molar-refractivity contribution in [1.29, 1.82) is 0 Å². The maximum absolute atomic E-state index is 5.06. The number of hydrogen-bond donors (Lipinski definition) is 1. The summed E-state index contributed by atoms with van der Waals surface area (Å²) in [5.41, 5.74) is 0.515. The first-order valence-electron chi connectivity index (χ1n) is 5.89. The maximum atomic E-state index is 5.06. The summed E-state index contributed by atoms with van der Waals surface area (Å²) in [4.78, 5) is 8.41. The molecule has 2 rings (SSSR count). The quantitative estimate of drug-likeness (QED) is 0.801. The molecule has 1 heterocycles. The number of nitrogens with zero attached hydrogens (tertiary/aromatic N) is 2. The summed E-state index contributed by atoms with van der Waals surface area (Å²) in [5, 5.41) is 3.30. The fraction of sp³-hybridized carbons (Fsp3) is 0.667. The van der Waals surface area contributed by atoms with Crippen LogP contribution in [0.4, 0.5) is 5.95 Å². The van der Waals surface area contributed by atoms with Crippen LogP contribution in [-0.2, 0) is 0 Å². The average molecular weight is 221 g/mol. The lowest BCUT2D eigenvalue weighted by atomic mass is 10.0. The topological polar surface area (TPSA) is 47.0 Å². The van der Waals surface area contributed by atoms with Gasteiger partial charge in [0.2, 0.25) is 11.8 Å². The van der Waals surface area contributed by atoms with Gasteiger partial charge in [-0.3, -0.25) is 0 Å². The Morgan fingerprint density at radius 3 is 2.94 bits per heavy atom. The van der Waals surface area contributed by atoms with Crippen LogP contribution in [0.2, 0.25) is 0 Å². The Kier molecular flexibility index (Phi) is 3.27. The molecule has 1 fully saturated rings. The molecule has 1 aromatic rings. The van der Waals surface area contributed by atoms with Crippen LogP contribution in [0, 0.1) is 5.41 Å². The highest BCUT2D eigenvalue weighted by Crippen LogP contribution is 2.49. The lowest BCUT2D eigenvalue weighted by Gasteiger charge is -2.14. The third kappa shape index (κ3) is 2.62. The molecule has 4 heteroatoms. The van der Waals surface area contributed by atoms with Crippen LogP contribution in [0.25, 0.3) is 0 Å². The van der Waals surface area contributed by atoms with Crippen molar-refractivity contribution in [3.05, 3.63) is 12.3 Å². The van der Waals surface area contributed by atoms with Crippen molar-refractivity contribution >= 4 is 5.95 Å². The van der Waals surface area contributed by atoms with E-state index in [1.807, 2.05) is 0 Å². The zero-order valence-electron chi connectivity index (χ0n) is 9.99. The molecule has 1 saturated carbocycles. The molecule has 1 N–H and O–H groups in total. The van der Waals surface area contributed by atoms with Gasteiger partial charge in [-0.1, -0.05) is 13.3 Å². The second kappa shape index (κ2) is 4.68. The minimum absolute atomic E-state index is 0.515. The zero-order valence-corrected chi connectivity index (χ0v) is 9.99. The smallest absolute Gasteiger partial charge is 0.225 e. The van der Waals surface area contributed by atoms with Crippen molar-refractivity contribution in [3.8, 4) is 5.88 Å². The van der Waals surface area contributed by atoms with Crippen molar-refractivity contribution in [1.82, 2.24) is 9.97 Å². The summed E-state index contributed by atoms with van der Waals surface area (Å²) >= 11 is 0. The first-order chi connectivity index (χ1) is 7.78. The molecule has 0 bridgehead atoms. The maximum Gasteiger partial charge on any atom is 0.225 e. The van der Waals surface area contributed by atoms with Gasteiger partial charge in [0.25, 0.3) is 0 Å². The fourth-order valence-electron chi connectivity index (χ4n) is 2.03. The molecule has 0 aliphatic heterocycles. The zero-order chi connectivity index (χ0) is 11.4. The summed E-state index contributed by atoms with van der Waals surface area (Å²) in [7, 11) is 1.62. The van der Waals surface area contributed by atoms with Gasteiger partial charge in [-0.25, -0.2) is 4.98 Å². The number of hydrogen-bond acceptors (Lipinski definition) is 4. The molecule has 88 valence electrons. The monoisotopic (exact) mass is 221 g/mol. The molecule has 4 nitrogen and oxygen atoms in total. The highest BCUT2D eigenvalue weighted by atomic mass is 16.5. The Labute approximate surface area is 96.4 Å². The second-order valence-electron chi connectivity index (χ2n) is 4.53. The second-order valence-corrected chi connectivity index (χ2v) is 4.53. The third-order valence-electron chi connectivity index (χ3n) is 3.20. The molecule has 0 amide bonds. The molecule has 0 unspecified atom stereocenters. The number of aromatic nitrogens is 2. The Bertz CT molecular complexity index is 350. The molecule has 1 aromatic heterocycles. The van der Waals surface area contributed by atoms with Crippen molar-refractivity contribution in [2.24, 2.45) is 5.41 Å². The first kappa shape index (κ1) is 11.2. The first-order valence-corrected chi connectivity index (χ1v) is 5.89. The highest BCUT2D eigenvalue weighted by Gasteiger charge is 2.41. The van der Waals surface area contributed by atoms with Crippen LogP contribution in [0.5, 0.6) is 5.88 Å². The van der Waals surface area contributed by atoms with Gasteiger partial charge in [-0.2, -0.15) is 4.98 Å². The van der Waals surface area contributed by atoms with Gasteiger partial charge < -0.3 is 10.1 Å². The average Bonchev–Trinajstić information content (AvgIpc) is 3.08. The van der Waals surface area contributed by atoms with E-state index in [1.54, 1.807) is 19.4 Å². The van der Waals surface area contributed by atoms with Gasteiger partial charge in [0.1, 0.15) is 0 Å². The Hall–Kier alpha value is -1.32. The van der Waals surface area contributed by atoms with E-state index in [0.717, 1.165) is 6.54 Å². The van der Waals surface area contributed by atoms with Crippen LogP contribution in [0.3, 0.4) is 0 Å². The largest absolute Gasteiger partial charge is 0.481 e. The van der Waals surface area contributed by atoms with Gasteiger partial charge in [0.05, 0.1) is 7.11 Å². The predicted octanol–water partition coefficient (Wildman–Crippen LogP) is 2.48. The van der Waals surface area contributed by atoms with E-state index in [9.17, 15) is 0 Å². The molecule has 1 aliphatic rings. The summed E-state index contributed by atoms with van der Waals surface area (Å²) in [6.45, 7) is 3.22. The normalized spacial score (nSPS) is 16.9. The minimum Gasteiger partial charge on any atom is -0.481 e. The van der Waals surface area contributed by atoms with Crippen LogP contribution < -0.4 is 10.1 Å². The number of rotatable bonds is 6. The molecule has 1 aliphatic carbocycles. The lowest BCUT2D eigenvalue weighted by Crippen LogP contribution is -2.16. The summed E-state index contributed by atoms with van der Waals surface area (Å²) in [6, 6.07) is 1.75. The Balaban J connectivity index is 1.89. The van der Waals surface area contributed by atoms with E-state index in [0.29, 0.717) is 17.2 Å². The van der Waals surface area contributed by atoms with E-state index >= 15 is 0 Å². The molecule has 0 radical (unpaired) electrons. The van der Waals surface area contributed by atoms with Crippen molar-refractivity contribution in [3.63, 3.8) is 0 Å². The SMILES string of the molecule is CCCC1(CNc2nccc(OC)n2)CC1. The van der Waals surface area contributed by atoms with Gasteiger partial charge in [0, 0.05) is 18.8 Å². The molecule has 0 aromatic carbocycles. The molecular weight excluding hydrogens is 202 g/mol. The summed E-state index contributed by atoms with van der Waals surface area (Å²) < 4.78 is 5.06. The van der Waals surface area contributed by atoms with Crippen molar-refractivity contribution in [2.75, 3.05) is 19.0 Å². The number of nitrogens with one attached hydrogen (secondary N) is 1. The number of anilines is 1. The Morgan fingerprint density at radius 1 is 1.50 bits per heavy atom. The molecule has 0 saturated heterocycles. The fourth-order valence-corrected chi connectivity index (χ4v) is 2.03. The molecule has 16 heavy (non-hydrogen) atoms. The summed E-state index contributed by atoms with van der Waals surface area (Å²) in [6.07, 6.45) is 6.92. The van der Waals surface area contributed by atoms with E-state index in [4.69, 9.17) is 4.74 Å². The van der Waals surface area contributed by atoms with E-state index in [-0.39, 0.29) is 0 Å². The van der Waals surface area contributed by atoms with Gasteiger partial charge in [0.15, 0.2) is 0 Å². The van der Waals surface area contributed by atoms with Crippen molar-refractivity contribution in [2.45, 2.75) is 32.6 Å². The Morgan fingerprint density at radius 2 is 2.31 bits per heavy atom. The summed E-state index contributed by atoms with van der Waals surface area (Å²) in [5.74, 6) is 1.28. The molecule has 0 atom stereocenters. The van der Waals surface area contributed by atoms with Crippen molar-refractivity contribution < 1.29 is 4.74 Å².